The molecule has 0 radical (unpaired) electrons. The smallest absolute Gasteiger partial charge is 0.110 e. The van der Waals surface area contributed by atoms with Crippen LogP contribution in [0.25, 0.3) is 0 Å². The standard InChI is InChI=1S/C10H11BrN2S/c1-2-5-12-7-8-14-10-9(11)4-3-6-13-10/h1,3-4,6,12H,5,7-8H2. The molecule has 0 saturated carbocycles. The molecule has 1 aromatic rings. The second-order valence-electron chi connectivity index (χ2n) is 2.52. The lowest BCUT2D eigenvalue weighted by atomic mass is 10.5. The third-order valence-electron chi connectivity index (χ3n) is 1.47. The predicted molar refractivity (Wildman–Crippen MR) is 64.4 cm³/mol. The third-order valence-corrected chi connectivity index (χ3v) is 3.38. The minimum Gasteiger partial charge on any atom is -0.305 e. The van der Waals surface area contributed by atoms with Gasteiger partial charge in [-0.15, -0.1) is 18.2 Å². The van der Waals surface area contributed by atoms with Gasteiger partial charge in [-0.05, 0) is 28.1 Å². The van der Waals surface area contributed by atoms with Gasteiger partial charge in [-0.1, -0.05) is 5.92 Å². The Bertz CT molecular complexity index is 322. The summed E-state index contributed by atoms with van der Waals surface area (Å²) in [5.41, 5.74) is 0. The Morgan fingerprint density at radius 3 is 3.21 bits per heavy atom. The highest BCUT2D eigenvalue weighted by Crippen LogP contribution is 2.23. The molecule has 74 valence electrons. The summed E-state index contributed by atoms with van der Waals surface area (Å²) in [5, 5.41) is 4.15. The Hall–Kier alpha value is -0.500. The van der Waals surface area contributed by atoms with E-state index in [0.29, 0.717) is 6.54 Å². The van der Waals surface area contributed by atoms with Gasteiger partial charge in [0.1, 0.15) is 5.03 Å². The highest BCUT2D eigenvalue weighted by Gasteiger charge is 1.99. The number of aromatic nitrogens is 1. The number of thioether (sulfide) groups is 1. The van der Waals surface area contributed by atoms with Crippen LogP contribution in [0.4, 0.5) is 0 Å². The van der Waals surface area contributed by atoms with Crippen molar-refractivity contribution in [3.63, 3.8) is 0 Å². The Kier molecular flexibility index (Phi) is 5.69. The Labute approximate surface area is 97.0 Å². The fourth-order valence-corrected chi connectivity index (χ4v) is 2.24. The summed E-state index contributed by atoms with van der Waals surface area (Å²) in [6, 6.07) is 3.90. The number of nitrogens with one attached hydrogen (secondary N) is 1. The van der Waals surface area contributed by atoms with Gasteiger partial charge in [-0.2, -0.15) is 0 Å². The predicted octanol–water partition coefficient (Wildman–Crippen LogP) is 2.16. The van der Waals surface area contributed by atoms with Crippen molar-refractivity contribution >= 4 is 27.7 Å². The van der Waals surface area contributed by atoms with Crippen molar-refractivity contribution in [2.75, 3.05) is 18.8 Å². The van der Waals surface area contributed by atoms with E-state index in [9.17, 15) is 0 Å². The topological polar surface area (TPSA) is 24.9 Å². The van der Waals surface area contributed by atoms with E-state index in [4.69, 9.17) is 6.42 Å². The van der Waals surface area contributed by atoms with Crippen LogP contribution in [-0.2, 0) is 0 Å². The van der Waals surface area contributed by atoms with E-state index in [1.165, 1.54) is 0 Å². The first-order chi connectivity index (χ1) is 6.84. The van der Waals surface area contributed by atoms with Gasteiger partial charge in [0.2, 0.25) is 0 Å². The molecular formula is C10H11BrN2S. The summed E-state index contributed by atoms with van der Waals surface area (Å²) < 4.78 is 1.04. The number of terminal acetylenes is 1. The monoisotopic (exact) mass is 270 g/mol. The maximum atomic E-state index is 5.11. The Morgan fingerprint density at radius 2 is 2.50 bits per heavy atom. The fraction of sp³-hybridized carbons (Fsp3) is 0.300. The summed E-state index contributed by atoms with van der Waals surface area (Å²) in [6.45, 7) is 1.53. The summed E-state index contributed by atoms with van der Waals surface area (Å²) in [7, 11) is 0. The molecule has 1 aromatic heterocycles. The quantitative estimate of drug-likeness (QED) is 0.504. The van der Waals surface area contributed by atoms with Crippen LogP contribution in [0.3, 0.4) is 0 Å². The van der Waals surface area contributed by atoms with E-state index in [-0.39, 0.29) is 0 Å². The van der Waals surface area contributed by atoms with Gasteiger partial charge in [-0.3, -0.25) is 0 Å². The van der Waals surface area contributed by atoms with Gasteiger partial charge in [0, 0.05) is 23.0 Å². The molecule has 0 aliphatic rings. The van der Waals surface area contributed by atoms with Crippen molar-refractivity contribution in [2.24, 2.45) is 0 Å². The molecule has 0 bridgehead atoms. The van der Waals surface area contributed by atoms with Crippen molar-refractivity contribution in [1.29, 1.82) is 0 Å². The molecule has 4 heteroatoms. The fourth-order valence-electron chi connectivity index (χ4n) is 0.858. The molecule has 14 heavy (non-hydrogen) atoms. The van der Waals surface area contributed by atoms with Gasteiger partial charge in [-0.25, -0.2) is 4.98 Å². The van der Waals surface area contributed by atoms with Crippen LogP contribution < -0.4 is 5.32 Å². The molecule has 1 heterocycles. The summed E-state index contributed by atoms with van der Waals surface area (Å²) in [6.07, 6.45) is 6.90. The SMILES string of the molecule is C#CCNCCSc1ncccc1Br. The van der Waals surface area contributed by atoms with Crippen LogP contribution in [-0.4, -0.2) is 23.8 Å². The highest BCUT2D eigenvalue weighted by atomic mass is 79.9. The average Bonchev–Trinajstić information content (AvgIpc) is 2.20. The summed E-state index contributed by atoms with van der Waals surface area (Å²) in [4.78, 5) is 4.24. The van der Waals surface area contributed by atoms with Crippen molar-refractivity contribution < 1.29 is 0 Å². The molecule has 0 unspecified atom stereocenters. The number of rotatable bonds is 5. The zero-order valence-electron chi connectivity index (χ0n) is 7.66. The number of nitrogens with zero attached hydrogens (tertiary/aromatic N) is 1. The number of hydrogen-bond acceptors (Lipinski definition) is 3. The van der Waals surface area contributed by atoms with Gasteiger partial charge in [0.25, 0.3) is 0 Å². The molecule has 0 fully saturated rings. The summed E-state index contributed by atoms with van der Waals surface area (Å²) >= 11 is 5.15. The number of hydrogen-bond donors (Lipinski definition) is 1. The number of halogens is 1. The Morgan fingerprint density at radius 1 is 1.64 bits per heavy atom. The lowest BCUT2D eigenvalue weighted by molar-refractivity contribution is 0.817. The van der Waals surface area contributed by atoms with Gasteiger partial charge in [0.15, 0.2) is 0 Å². The van der Waals surface area contributed by atoms with E-state index in [2.05, 4.69) is 32.2 Å². The average molecular weight is 271 g/mol. The van der Waals surface area contributed by atoms with E-state index < -0.39 is 0 Å². The molecular weight excluding hydrogens is 260 g/mol. The molecule has 2 nitrogen and oxygen atoms in total. The van der Waals surface area contributed by atoms with Gasteiger partial charge in [0.05, 0.1) is 6.54 Å². The molecule has 0 amide bonds. The zero-order chi connectivity index (χ0) is 10.2. The normalized spacial score (nSPS) is 9.71. The lowest BCUT2D eigenvalue weighted by Gasteiger charge is -2.02. The maximum Gasteiger partial charge on any atom is 0.110 e. The molecule has 0 spiro atoms. The molecule has 1 rings (SSSR count). The second kappa shape index (κ2) is 6.88. The third kappa shape index (κ3) is 4.14. The molecule has 0 aliphatic carbocycles. The molecule has 0 aliphatic heterocycles. The zero-order valence-corrected chi connectivity index (χ0v) is 10.1. The van der Waals surface area contributed by atoms with Crippen LogP contribution in [0.15, 0.2) is 27.8 Å². The molecule has 0 atom stereocenters. The largest absolute Gasteiger partial charge is 0.305 e. The van der Waals surface area contributed by atoms with Gasteiger partial charge < -0.3 is 5.32 Å². The van der Waals surface area contributed by atoms with Crippen molar-refractivity contribution in [1.82, 2.24) is 10.3 Å². The van der Waals surface area contributed by atoms with E-state index >= 15 is 0 Å². The van der Waals surface area contributed by atoms with Crippen LogP contribution in [0.5, 0.6) is 0 Å². The Balaban J connectivity index is 2.25. The van der Waals surface area contributed by atoms with E-state index in [0.717, 1.165) is 21.8 Å². The van der Waals surface area contributed by atoms with Crippen molar-refractivity contribution in [3.05, 3.63) is 22.8 Å². The van der Waals surface area contributed by atoms with E-state index in [1.54, 1.807) is 18.0 Å². The molecule has 1 N–H and O–H groups in total. The first-order valence-electron chi connectivity index (χ1n) is 4.22. The van der Waals surface area contributed by atoms with Crippen molar-refractivity contribution in [2.45, 2.75) is 5.03 Å². The summed E-state index contributed by atoms with van der Waals surface area (Å²) in [5.74, 6) is 3.50. The second-order valence-corrected chi connectivity index (χ2v) is 4.46. The van der Waals surface area contributed by atoms with E-state index in [1.807, 2.05) is 12.1 Å². The lowest BCUT2D eigenvalue weighted by Crippen LogP contribution is -2.16. The minimum absolute atomic E-state index is 0.629. The number of pyridine rings is 1. The van der Waals surface area contributed by atoms with Crippen LogP contribution in [0, 0.1) is 12.3 Å². The molecule has 0 saturated heterocycles. The van der Waals surface area contributed by atoms with Crippen LogP contribution in [0.2, 0.25) is 0 Å². The first-order valence-corrected chi connectivity index (χ1v) is 6.00. The van der Waals surface area contributed by atoms with Crippen LogP contribution in [0.1, 0.15) is 0 Å². The van der Waals surface area contributed by atoms with Crippen molar-refractivity contribution in [3.8, 4) is 12.3 Å². The van der Waals surface area contributed by atoms with Gasteiger partial charge >= 0.3 is 0 Å². The highest BCUT2D eigenvalue weighted by molar-refractivity contribution is 9.10. The molecule has 0 aromatic carbocycles. The maximum absolute atomic E-state index is 5.11. The van der Waals surface area contributed by atoms with Crippen LogP contribution >= 0.6 is 27.7 Å². The first kappa shape index (κ1) is 11.6. The minimum atomic E-state index is 0.629.